The number of aromatic nitrogens is 1. The van der Waals surface area contributed by atoms with Crippen molar-refractivity contribution >= 4 is 16.8 Å². The Balaban J connectivity index is 1.52. The van der Waals surface area contributed by atoms with Crippen LogP contribution in [0.2, 0.25) is 0 Å². The van der Waals surface area contributed by atoms with E-state index in [0.29, 0.717) is 24.5 Å². The first-order valence-electron chi connectivity index (χ1n) is 10.4. The molecule has 0 spiro atoms. The zero-order valence-corrected chi connectivity index (χ0v) is 16.9. The summed E-state index contributed by atoms with van der Waals surface area (Å²) in [6, 6.07) is 16.6. The quantitative estimate of drug-likeness (QED) is 0.487. The Morgan fingerprint density at radius 1 is 1.00 bits per heavy atom. The molecule has 32 heavy (non-hydrogen) atoms. The molecule has 0 unspecified atom stereocenters. The minimum Gasteiger partial charge on any atom is -0.454 e. The molecule has 0 saturated carbocycles. The molecule has 0 aliphatic carbocycles. The van der Waals surface area contributed by atoms with E-state index in [-0.39, 0.29) is 12.4 Å². The Morgan fingerprint density at radius 2 is 1.84 bits per heavy atom. The zero-order valence-electron chi connectivity index (χ0n) is 16.9. The van der Waals surface area contributed by atoms with Gasteiger partial charge >= 0.3 is 0 Å². The lowest BCUT2D eigenvalue weighted by Crippen LogP contribution is -2.41. The number of aromatic amines is 1. The van der Waals surface area contributed by atoms with Crippen molar-refractivity contribution in [2.75, 3.05) is 13.3 Å². The number of nitrogens with zero attached hydrogens (tertiary/aromatic N) is 1. The third-order valence-corrected chi connectivity index (χ3v) is 6.19. The van der Waals surface area contributed by atoms with Crippen molar-refractivity contribution in [1.29, 1.82) is 0 Å². The van der Waals surface area contributed by atoms with Gasteiger partial charge in [-0.25, -0.2) is 8.78 Å². The Hall–Kier alpha value is -3.87. The van der Waals surface area contributed by atoms with Crippen molar-refractivity contribution in [2.24, 2.45) is 0 Å². The van der Waals surface area contributed by atoms with Gasteiger partial charge in [0.05, 0.1) is 11.6 Å². The smallest absolute Gasteiger partial charge is 0.257 e. The standard InChI is InChI=1S/C25H18F2N2O3/c26-18-6-3-5-17(22(18)27)25(30)29-11-10-16-15-4-1-2-7-19(15)28-23(16)24(29)14-8-9-20-21(12-14)32-13-31-20/h1-9,12,24,28H,10-11,13H2/t24-/m0/s1. The summed E-state index contributed by atoms with van der Waals surface area (Å²) in [5.74, 6) is -1.51. The van der Waals surface area contributed by atoms with Crippen LogP contribution in [0.3, 0.4) is 0 Å². The van der Waals surface area contributed by atoms with Gasteiger partial charge in [-0.2, -0.15) is 0 Å². The minimum atomic E-state index is -1.13. The van der Waals surface area contributed by atoms with Crippen LogP contribution in [0.5, 0.6) is 11.5 Å². The predicted molar refractivity (Wildman–Crippen MR) is 114 cm³/mol. The molecule has 1 N–H and O–H groups in total. The molecule has 1 atom stereocenters. The Labute approximate surface area is 182 Å². The largest absolute Gasteiger partial charge is 0.454 e. The highest BCUT2D eigenvalue weighted by atomic mass is 19.2. The van der Waals surface area contributed by atoms with Crippen LogP contribution in [0.1, 0.15) is 33.2 Å². The zero-order chi connectivity index (χ0) is 21.8. The van der Waals surface area contributed by atoms with Gasteiger partial charge in [0.15, 0.2) is 23.1 Å². The summed E-state index contributed by atoms with van der Waals surface area (Å²) < 4.78 is 39.4. The molecule has 7 heteroatoms. The van der Waals surface area contributed by atoms with Crippen LogP contribution in [-0.2, 0) is 6.42 Å². The lowest BCUT2D eigenvalue weighted by molar-refractivity contribution is 0.0685. The Morgan fingerprint density at radius 3 is 2.75 bits per heavy atom. The average molecular weight is 432 g/mol. The van der Waals surface area contributed by atoms with Crippen molar-refractivity contribution in [3.63, 3.8) is 0 Å². The molecule has 0 radical (unpaired) electrons. The number of hydrogen-bond donors (Lipinski definition) is 1. The predicted octanol–water partition coefficient (Wildman–Crippen LogP) is 4.96. The third-order valence-electron chi connectivity index (χ3n) is 6.19. The fourth-order valence-corrected chi connectivity index (χ4v) is 4.71. The second-order valence-corrected chi connectivity index (χ2v) is 7.93. The fraction of sp³-hybridized carbons (Fsp3) is 0.160. The fourth-order valence-electron chi connectivity index (χ4n) is 4.71. The number of H-pyrrole nitrogens is 1. The molecule has 5 nitrogen and oxygen atoms in total. The van der Waals surface area contributed by atoms with E-state index in [4.69, 9.17) is 9.47 Å². The topological polar surface area (TPSA) is 54.6 Å². The molecule has 1 aromatic heterocycles. The second kappa shape index (κ2) is 7.09. The molecular weight excluding hydrogens is 414 g/mol. The number of amides is 1. The van der Waals surface area contributed by atoms with Gasteiger partial charge in [0.2, 0.25) is 6.79 Å². The number of hydrogen-bond acceptors (Lipinski definition) is 3. The molecule has 0 saturated heterocycles. The van der Waals surface area contributed by atoms with Crippen LogP contribution < -0.4 is 9.47 Å². The van der Waals surface area contributed by atoms with Gasteiger partial charge in [0.1, 0.15) is 0 Å². The molecule has 6 rings (SSSR count). The maximum atomic E-state index is 14.5. The van der Waals surface area contributed by atoms with E-state index in [1.54, 1.807) is 11.0 Å². The summed E-state index contributed by atoms with van der Waals surface area (Å²) in [5, 5.41) is 1.09. The molecule has 1 amide bonds. The van der Waals surface area contributed by atoms with E-state index in [2.05, 4.69) is 4.98 Å². The van der Waals surface area contributed by atoms with Crippen molar-refractivity contribution in [2.45, 2.75) is 12.5 Å². The van der Waals surface area contributed by atoms with Crippen LogP contribution in [0, 0.1) is 11.6 Å². The van der Waals surface area contributed by atoms with Crippen LogP contribution in [-0.4, -0.2) is 29.1 Å². The van der Waals surface area contributed by atoms with Crippen LogP contribution in [0.4, 0.5) is 8.78 Å². The molecule has 2 aliphatic rings. The number of benzene rings is 3. The number of fused-ring (bicyclic) bond motifs is 4. The number of para-hydroxylation sites is 1. The highest BCUT2D eigenvalue weighted by molar-refractivity contribution is 5.96. The normalized spacial score (nSPS) is 16.9. The van der Waals surface area contributed by atoms with E-state index in [9.17, 15) is 13.6 Å². The number of rotatable bonds is 2. The maximum absolute atomic E-state index is 14.5. The SMILES string of the molecule is O=C(c1cccc(F)c1F)N1CCc2c([nH]c3ccccc23)[C@@H]1c1ccc2c(c1)OCO2. The summed E-state index contributed by atoms with van der Waals surface area (Å²) >= 11 is 0. The Kier molecular flexibility index (Phi) is 4.18. The summed E-state index contributed by atoms with van der Waals surface area (Å²) in [6.45, 7) is 0.501. The first-order valence-corrected chi connectivity index (χ1v) is 10.4. The van der Waals surface area contributed by atoms with E-state index >= 15 is 0 Å². The molecular formula is C25H18F2N2O3. The monoisotopic (exact) mass is 432 g/mol. The first kappa shape index (κ1) is 18.9. The van der Waals surface area contributed by atoms with Crippen LogP contribution >= 0.6 is 0 Å². The molecule has 160 valence electrons. The number of carbonyl (C=O) groups is 1. The van der Waals surface area contributed by atoms with Gasteiger partial charge < -0.3 is 19.4 Å². The van der Waals surface area contributed by atoms with Crippen molar-refractivity contribution in [1.82, 2.24) is 9.88 Å². The van der Waals surface area contributed by atoms with Gasteiger partial charge in [-0.15, -0.1) is 0 Å². The van der Waals surface area contributed by atoms with E-state index < -0.39 is 23.6 Å². The molecule has 4 aromatic rings. The number of carbonyl (C=O) groups excluding carboxylic acids is 1. The lowest BCUT2D eigenvalue weighted by Gasteiger charge is -2.36. The van der Waals surface area contributed by atoms with Gasteiger partial charge in [-0.3, -0.25) is 4.79 Å². The first-order chi connectivity index (χ1) is 15.6. The third kappa shape index (κ3) is 2.77. The Bertz CT molecular complexity index is 1380. The highest BCUT2D eigenvalue weighted by Crippen LogP contribution is 2.42. The maximum Gasteiger partial charge on any atom is 0.257 e. The molecule has 3 heterocycles. The van der Waals surface area contributed by atoms with Crippen molar-refractivity contribution in [3.8, 4) is 11.5 Å². The van der Waals surface area contributed by atoms with Crippen LogP contribution in [0.25, 0.3) is 10.9 Å². The highest BCUT2D eigenvalue weighted by Gasteiger charge is 2.36. The van der Waals surface area contributed by atoms with Crippen LogP contribution in [0.15, 0.2) is 60.7 Å². The minimum absolute atomic E-state index is 0.137. The summed E-state index contributed by atoms with van der Waals surface area (Å²) in [6.07, 6.45) is 0.600. The molecule has 2 aliphatic heterocycles. The number of halogens is 2. The van der Waals surface area contributed by atoms with Crippen molar-refractivity contribution in [3.05, 3.63) is 94.7 Å². The van der Waals surface area contributed by atoms with E-state index in [1.807, 2.05) is 36.4 Å². The second-order valence-electron chi connectivity index (χ2n) is 7.93. The van der Waals surface area contributed by atoms with Gasteiger partial charge in [-0.1, -0.05) is 30.3 Å². The number of nitrogens with one attached hydrogen (secondary N) is 1. The molecule has 3 aromatic carbocycles. The average Bonchev–Trinajstić information content (AvgIpc) is 3.43. The van der Waals surface area contributed by atoms with Gasteiger partial charge in [0.25, 0.3) is 5.91 Å². The molecule has 0 bridgehead atoms. The van der Waals surface area contributed by atoms with Gasteiger partial charge in [-0.05, 0) is 47.9 Å². The molecule has 0 fully saturated rings. The summed E-state index contributed by atoms with van der Waals surface area (Å²) in [5.41, 5.74) is 3.46. The number of ether oxygens (including phenoxy) is 2. The van der Waals surface area contributed by atoms with E-state index in [1.165, 1.54) is 12.1 Å². The van der Waals surface area contributed by atoms with Crippen molar-refractivity contribution < 1.29 is 23.0 Å². The van der Waals surface area contributed by atoms with E-state index in [0.717, 1.165) is 33.8 Å². The van der Waals surface area contributed by atoms with Gasteiger partial charge in [0, 0.05) is 23.1 Å². The summed E-state index contributed by atoms with van der Waals surface area (Å²) in [4.78, 5) is 18.5. The summed E-state index contributed by atoms with van der Waals surface area (Å²) in [7, 11) is 0. The lowest BCUT2D eigenvalue weighted by atomic mass is 9.91.